The highest BCUT2D eigenvalue weighted by Gasteiger charge is 2.47. The summed E-state index contributed by atoms with van der Waals surface area (Å²) in [4.78, 5) is 41.5. The highest BCUT2D eigenvalue weighted by Crippen LogP contribution is 2.32. The predicted molar refractivity (Wildman–Crippen MR) is 108 cm³/mol. The fourth-order valence-corrected chi connectivity index (χ4v) is 3.73. The Labute approximate surface area is 185 Å². The molecule has 1 saturated heterocycles. The third kappa shape index (κ3) is 5.05. The number of aromatic nitrogens is 1. The Morgan fingerprint density at radius 2 is 1.85 bits per heavy atom. The van der Waals surface area contributed by atoms with Crippen molar-refractivity contribution in [3.8, 4) is 0 Å². The van der Waals surface area contributed by atoms with E-state index in [1.807, 2.05) is 0 Å². The lowest BCUT2D eigenvalue weighted by molar-refractivity contribution is -0.116. The summed E-state index contributed by atoms with van der Waals surface area (Å²) >= 11 is 0. The molecule has 0 radical (unpaired) electrons. The Morgan fingerprint density at radius 3 is 2.45 bits per heavy atom. The number of carbonyl (C=O) groups is 3. The molecule has 0 atom stereocenters. The minimum absolute atomic E-state index is 0.0262. The average Bonchev–Trinajstić information content (AvgIpc) is 3.00. The zero-order valence-electron chi connectivity index (χ0n) is 17.0. The normalized spacial score (nSPS) is 14.5. The van der Waals surface area contributed by atoms with Gasteiger partial charge in [0.15, 0.2) is 0 Å². The van der Waals surface area contributed by atoms with E-state index in [-0.39, 0.29) is 31.2 Å². The second kappa shape index (κ2) is 9.05. The number of alkyl halides is 3. The Kier molecular flexibility index (Phi) is 6.58. The summed E-state index contributed by atoms with van der Waals surface area (Å²) in [6.07, 6.45) is 0.674. The number of halogens is 3. The van der Waals surface area contributed by atoms with E-state index in [4.69, 9.17) is 4.74 Å². The first-order valence-electron chi connectivity index (χ1n) is 9.36. The van der Waals surface area contributed by atoms with Crippen LogP contribution in [-0.4, -0.2) is 55.0 Å². The molecule has 1 aromatic heterocycles. The fraction of sp³-hybridized carbons (Fsp3) is 0.263. The minimum Gasteiger partial charge on any atom is -0.450 e. The molecule has 33 heavy (non-hydrogen) atoms. The lowest BCUT2D eigenvalue weighted by Crippen LogP contribution is -2.32. The number of sulfone groups is 1. The molecule has 2 heterocycles. The van der Waals surface area contributed by atoms with Crippen molar-refractivity contribution in [2.45, 2.75) is 23.9 Å². The van der Waals surface area contributed by atoms with Crippen LogP contribution in [-0.2, 0) is 25.9 Å². The predicted octanol–water partition coefficient (Wildman–Crippen LogP) is 2.91. The largest absolute Gasteiger partial charge is 0.501 e. The van der Waals surface area contributed by atoms with Crippen LogP contribution >= 0.6 is 0 Å². The van der Waals surface area contributed by atoms with Crippen LogP contribution in [0.2, 0.25) is 0 Å². The van der Waals surface area contributed by atoms with Crippen molar-refractivity contribution in [1.82, 2.24) is 9.88 Å². The Bertz CT molecular complexity index is 1180. The van der Waals surface area contributed by atoms with Crippen LogP contribution in [0, 0.1) is 0 Å². The summed E-state index contributed by atoms with van der Waals surface area (Å²) in [5.74, 6) is -0.479. The molecule has 14 heteroatoms. The number of hydrogen-bond acceptors (Lipinski definition) is 7. The standard InChI is InChI=1S/C19H17F3N4O6S/c1-2-32-17(28)24-15-9-12(7-8-23-15)10-25-11-16(27)26(18(25)29)13-3-5-14(6-4-13)33(30,31)19(20,21)22/h3-9H,2,10-11H2,1H3,(H,23,24,28). The summed E-state index contributed by atoms with van der Waals surface area (Å²) in [6, 6.07) is 5.55. The van der Waals surface area contributed by atoms with E-state index in [0.29, 0.717) is 17.7 Å². The monoisotopic (exact) mass is 486 g/mol. The van der Waals surface area contributed by atoms with Gasteiger partial charge in [0, 0.05) is 12.7 Å². The molecule has 10 nitrogen and oxygen atoms in total. The molecule has 1 fully saturated rings. The van der Waals surface area contributed by atoms with Crippen LogP contribution < -0.4 is 10.2 Å². The fourth-order valence-electron chi connectivity index (χ4n) is 2.97. The van der Waals surface area contributed by atoms with Crippen molar-refractivity contribution in [3.63, 3.8) is 0 Å². The van der Waals surface area contributed by atoms with E-state index in [0.717, 1.165) is 17.0 Å². The molecule has 1 aromatic carbocycles. The number of rotatable bonds is 6. The molecule has 0 saturated carbocycles. The highest BCUT2D eigenvalue weighted by atomic mass is 32.2. The van der Waals surface area contributed by atoms with Crippen LogP contribution in [0.5, 0.6) is 0 Å². The highest BCUT2D eigenvalue weighted by molar-refractivity contribution is 7.92. The number of urea groups is 1. The summed E-state index contributed by atoms with van der Waals surface area (Å²) in [5, 5.41) is 2.41. The van der Waals surface area contributed by atoms with E-state index in [9.17, 15) is 36.0 Å². The van der Waals surface area contributed by atoms with E-state index in [1.54, 1.807) is 13.0 Å². The smallest absolute Gasteiger partial charge is 0.450 e. The van der Waals surface area contributed by atoms with Crippen LogP contribution in [0.15, 0.2) is 47.5 Å². The van der Waals surface area contributed by atoms with E-state index in [2.05, 4.69) is 10.3 Å². The van der Waals surface area contributed by atoms with Crippen molar-refractivity contribution in [1.29, 1.82) is 0 Å². The molecule has 176 valence electrons. The van der Waals surface area contributed by atoms with Gasteiger partial charge < -0.3 is 9.64 Å². The molecule has 2 aromatic rings. The summed E-state index contributed by atoms with van der Waals surface area (Å²) < 4.78 is 65.8. The lowest BCUT2D eigenvalue weighted by atomic mass is 10.2. The lowest BCUT2D eigenvalue weighted by Gasteiger charge is -2.18. The van der Waals surface area contributed by atoms with Gasteiger partial charge in [-0.25, -0.2) is 27.9 Å². The maximum Gasteiger partial charge on any atom is 0.501 e. The van der Waals surface area contributed by atoms with E-state index in [1.165, 1.54) is 17.2 Å². The van der Waals surface area contributed by atoms with E-state index < -0.39 is 38.3 Å². The first-order valence-corrected chi connectivity index (χ1v) is 10.8. The van der Waals surface area contributed by atoms with Gasteiger partial charge in [-0.1, -0.05) is 0 Å². The number of hydrogen-bond donors (Lipinski definition) is 1. The molecular weight excluding hydrogens is 469 g/mol. The molecule has 1 N–H and O–H groups in total. The van der Waals surface area contributed by atoms with Gasteiger partial charge in [0.25, 0.3) is 15.7 Å². The number of benzene rings is 1. The van der Waals surface area contributed by atoms with Gasteiger partial charge in [-0.2, -0.15) is 13.2 Å². The number of nitrogens with one attached hydrogen (secondary N) is 1. The number of amides is 4. The zero-order chi connectivity index (χ0) is 24.4. The quantitative estimate of drug-likeness (QED) is 0.622. The van der Waals surface area contributed by atoms with Crippen LogP contribution in [0.1, 0.15) is 12.5 Å². The second-order valence-electron chi connectivity index (χ2n) is 6.71. The first-order chi connectivity index (χ1) is 15.4. The molecule has 0 aliphatic carbocycles. The molecule has 1 aliphatic heterocycles. The minimum atomic E-state index is -5.56. The molecular formula is C19H17F3N4O6S. The zero-order valence-corrected chi connectivity index (χ0v) is 17.8. The Morgan fingerprint density at radius 1 is 1.18 bits per heavy atom. The SMILES string of the molecule is CCOC(=O)Nc1cc(CN2CC(=O)N(c3ccc(S(=O)(=O)C(F)(F)F)cc3)C2=O)ccn1. The summed E-state index contributed by atoms with van der Waals surface area (Å²) in [7, 11) is -5.56. The molecule has 3 rings (SSSR count). The van der Waals surface area contributed by atoms with Crippen molar-refractivity contribution in [2.75, 3.05) is 23.4 Å². The van der Waals surface area contributed by atoms with Gasteiger partial charge in [0.1, 0.15) is 12.4 Å². The van der Waals surface area contributed by atoms with Crippen molar-refractivity contribution < 1.29 is 40.7 Å². The number of ether oxygens (including phenoxy) is 1. The third-order valence-electron chi connectivity index (χ3n) is 4.45. The molecule has 0 unspecified atom stereocenters. The number of carbonyl (C=O) groups excluding carboxylic acids is 3. The summed E-state index contributed by atoms with van der Waals surface area (Å²) in [6.45, 7) is 1.45. The number of pyridine rings is 1. The van der Waals surface area contributed by atoms with Crippen LogP contribution in [0.4, 0.5) is 34.3 Å². The molecule has 0 bridgehead atoms. The number of anilines is 2. The van der Waals surface area contributed by atoms with Gasteiger partial charge in [-0.15, -0.1) is 0 Å². The summed E-state index contributed by atoms with van der Waals surface area (Å²) in [5.41, 5.74) is -5.02. The number of nitrogens with zero attached hydrogens (tertiary/aromatic N) is 3. The Hall–Kier alpha value is -3.68. The Balaban J connectivity index is 1.75. The maximum absolute atomic E-state index is 12.7. The molecule has 4 amide bonds. The molecule has 1 aliphatic rings. The molecule has 0 spiro atoms. The van der Waals surface area contributed by atoms with Crippen molar-refractivity contribution >= 4 is 39.4 Å². The van der Waals surface area contributed by atoms with Gasteiger partial charge in [-0.05, 0) is 48.9 Å². The van der Waals surface area contributed by atoms with Crippen LogP contribution in [0.3, 0.4) is 0 Å². The number of imide groups is 1. The van der Waals surface area contributed by atoms with Gasteiger partial charge in [-0.3, -0.25) is 10.1 Å². The topological polar surface area (TPSA) is 126 Å². The maximum atomic E-state index is 12.7. The first kappa shape index (κ1) is 24.0. The van der Waals surface area contributed by atoms with Crippen LogP contribution in [0.25, 0.3) is 0 Å². The third-order valence-corrected chi connectivity index (χ3v) is 5.95. The van der Waals surface area contributed by atoms with Gasteiger partial charge in [0.2, 0.25) is 0 Å². The second-order valence-corrected chi connectivity index (χ2v) is 8.65. The van der Waals surface area contributed by atoms with Gasteiger partial charge in [0.05, 0.1) is 17.2 Å². The van der Waals surface area contributed by atoms with Crippen molar-refractivity contribution in [3.05, 3.63) is 48.2 Å². The average molecular weight is 486 g/mol. The van der Waals surface area contributed by atoms with Gasteiger partial charge >= 0.3 is 17.6 Å². The van der Waals surface area contributed by atoms with Crippen molar-refractivity contribution in [2.24, 2.45) is 0 Å². The van der Waals surface area contributed by atoms with E-state index >= 15 is 0 Å².